The van der Waals surface area contributed by atoms with Gasteiger partial charge in [0.15, 0.2) is 0 Å². The molecule has 6 rings (SSSR count). The first-order chi connectivity index (χ1) is 15.7. The first-order valence-electron chi connectivity index (χ1n) is 10.1. The average Bonchev–Trinajstić information content (AvgIpc) is 3.14. The third kappa shape index (κ3) is 4.01. The number of carbonyl (C=O) groups excluding carboxylic acids is 2. The molecule has 9 nitrogen and oxygen atoms in total. The van der Waals surface area contributed by atoms with Crippen LogP contribution >= 0.6 is 11.9 Å². The summed E-state index contributed by atoms with van der Waals surface area (Å²) in [4.78, 5) is 43.0. The lowest BCUT2D eigenvalue weighted by atomic mass is 10.0. The molecule has 5 heterocycles. The monoisotopic (exact) mass is 445 g/mol. The molecule has 4 bridgehead atoms. The van der Waals surface area contributed by atoms with Gasteiger partial charge in [0.2, 0.25) is 11.8 Å². The van der Waals surface area contributed by atoms with Gasteiger partial charge in [-0.15, -0.1) is 5.73 Å². The van der Waals surface area contributed by atoms with E-state index in [0.717, 1.165) is 10.6 Å². The van der Waals surface area contributed by atoms with E-state index in [4.69, 9.17) is 0 Å². The quantitative estimate of drug-likeness (QED) is 0.475. The molecule has 1 unspecified atom stereocenters. The van der Waals surface area contributed by atoms with Crippen LogP contribution in [0.15, 0.2) is 70.9 Å². The minimum Gasteiger partial charge on any atom is -0.329 e. The standard InChI is InChI=1S/C22H19N7O2S/c30-18-6-1-2-7-26-32-16-5-3-4-15(12-16)23-13-17-19-20(27-22(17)31)24-14-25-21(19)29-10-8-28(18)9-11-29/h1,3-5,7-8,10,12-14,17,26H,6,9,11H2,(H,24,25,27,31). The molecule has 1 aromatic carbocycles. The van der Waals surface area contributed by atoms with Gasteiger partial charge in [0.25, 0.3) is 0 Å². The van der Waals surface area contributed by atoms with Crippen molar-refractivity contribution in [3.05, 3.63) is 66.6 Å². The number of amides is 2. The van der Waals surface area contributed by atoms with Crippen LogP contribution in [0.1, 0.15) is 17.9 Å². The van der Waals surface area contributed by atoms with Gasteiger partial charge in [0.1, 0.15) is 23.9 Å². The van der Waals surface area contributed by atoms with Crippen LogP contribution in [0.25, 0.3) is 0 Å². The summed E-state index contributed by atoms with van der Waals surface area (Å²) in [6.07, 6.45) is 10.2. The fourth-order valence-electron chi connectivity index (χ4n) is 3.62. The summed E-state index contributed by atoms with van der Waals surface area (Å²) in [5.74, 6) is 0.284. The van der Waals surface area contributed by atoms with Crippen molar-refractivity contribution in [1.29, 1.82) is 0 Å². The Morgan fingerprint density at radius 1 is 1.12 bits per heavy atom. The summed E-state index contributed by atoms with van der Waals surface area (Å²) in [6.45, 7) is 1.05. The van der Waals surface area contributed by atoms with E-state index in [1.807, 2.05) is 29.2 Å². The summed E-state index contributed by atoms with van der Waals surface area (Å²) in [6, 6.07) is 7.65. The van der Waals surface area contributed by atoms with Crippen molar-refractivity contribution < 1.29 is 9.59 Å². The van der Waals surface area contributed by atoms with Gasteiger partial charge >= 0.3 is 0 Å². The Morgan fingerprint density at radius 3 is 2.88 bits per heavy atom. The lowest BCUT2D eigenvalue weighted by molar-refractivity contribution is -0.127. The van der Waals surface area contributed by atoms with Crippen LogP contribution in [0.2, 0.25) is 0 Å². The highest BCUT2D eigenvalue weighted by Gasteiger charge is 2.35. The van der Waals surface area contributed by atoms with Crippen molar-refractivity contribution in [2.45, 2.75) is 17.2 Å². The van der Waals surface area contributed by atoms with E-state index >= 15 is 0 Å². The first-order valence-corrected chi connectivity index (χ1v) is 10.9. The number of fused-ring (bicyclic) bond motifs is 5. The second-order valence-electron chi connectivity index (χ2n) is 7.22. The molecule has 2 N–H and O–H groups in total. The number of nitrogens with zero attached hydrogens (tertiary/aromatic N) is 5. The van der Waals surface area contributed by atoms with E-state index in [0.29, 0.717) is 30.3 Å². The highest BCUT2D eigenvalue weighted by atomic mass is 32.2. The van der Waals surface area contributed by atoms with Gasteiger partial charge in [-0.2, -0.15) is 0 Å². The van der Waals surface area contributed by atoms with Crippen LogP contribution in [0.3, 0.4) is 0 Å². The van der Waals surface area contributed by atoms with E-state index in [1.165, 1.54) is 18.3 Å². The molecule has 1 atom stereocenters. The minimum absolute atomic E-state index is 0.0187. The van der Waals surface area contributed by atoms with Crippen LogP contribution in [0.5, 0.6) is 0 Å². The number of hydrogen-bond acceptors (Lipinski definition) is 8. The van der Waals surface area contributed by atoms with E-state index in [1.54, 1.807) is 35.8 Å². The van der Waals surface area contributed by atoms with E-state index in [2.05, 4.69) is 30.7 Å². The molecule has 0 aliphatic carbocycles. The molecule has 160 valence electrons. The third-order valence-corrected chi connectivity index (χ3v) is 5.93. The number of anilines is 2. The highest BCUT2D eigenvalue weighted by Crippen LogP contribution is 2.37. The minimum atomic E-state index is -0.613. The molecule has 2 aromatic rings. The zero-order chi connectivity index (χ0) is 21.9. The number of carbonyl (C=O) groups is 2. The van der Waals surface area contributed by atoms with Crippen LogP contribution in [0.4, 0.5) is 17.3 Å². The fourth-order valence-corrected chi connectivity index (χ4v) is 4.21. The summed E-state index contributed by atoms with van der Waals surface area (Å²) >= 11 is 1.40. The molecular formula is C22H19N7O2S. The van der Waals surface area contributed by atoms with Crippen LogP contribution in [-0.2, 0) is 9.59 Å². The molecule has 0 fully saturated rings. The smallest absolute Gasteiger partial charge is 0.238 e. The maximum absolute atomic E-state index is 12.7. The molecule has 1 aromatic heterocycles. The number of rotatable bonds is 0. The maximum atomic E-state index is 12.7. The third-order valence-electron chi connectivity index (χ3n) is 5.20. The lowest BCUT2D eigenvalue weighted by Gasteiger charge is -2.30. The zero-order valence-electron chi connectivity index (χ0n) is 16.9. The lowest BCUT2D eigenvalue weighted by Crippen LogP contribution is -2.38. The summed E-state index contributed by atoms with van der Waals surface area (Å²) < 4.78 is 3.08. The van der Waals surface area contributed by atoms with Crippen molar-refractivity contribution >= 4 is 47.3 Å². The average molecular weight is 446 g/mol. The predicted octanol–water partition coefficient (Wildman–Crippen LogP) is 2.70. The van der Waals surface area contributed by atoms with Gasteiger partial charge < -0.3 is 19.8 Å². The number of nitrogens with one attached hydrogen (secondary N) is 2. The van der Waals surface area contributed by atoms with Gasteiger partial charge in [-0.1, -0.05) is 6.07 Å². The number of hydrogen-bond donors (Lipinski definition) is 2. The van der Waals surface area contributed by atoms with Crippen LogP contribution in [0, 0.1) is 0 Å². The Morgan fingerprint density at radius 2 is 2.00 bits per heavy atom. The largest absolute Gasteiger partial charge is 0.329 e. The normalized spacial score (nSPS) is 19.8. The second-order valence-corrected chi connectivity index (χ2v) is 8.13. The van der Waals surface area contributed by atoms with Gasteiger partial charge in [0.05, 0.1) is 17.7 Å². The van der Waals surface area contributed by atoms with Crippen LogP contribution in [-0.4, -0.2) is 46.0 Å². The molecule has 0 saturated carbocycles. The fraction of sp³-hybridized carbons (Fsp3) is 0.182. The zero-order valence-corrected chi connectivity index (χ0v) is 17.7. The second kappa shape index (κ2) is 8.70. The van der Waals surface area contributed by atoms with Crippen molar-refractivity contribution in [3.63, 3.8) is 0 Å². The molecule has 4 aliphatic rings. The van der Waals surface area contributed by atoms with Crippen molar-refractivity contribution in [1.82, 2.24) is 19.6 Å². The number of aliphatic imine (C=N–C) groups is 1. The summed E-state index contributed by atoms with van der Waals surface area (Å²) in [5.41, 5.74) is 4.39. The topological polar surface area (TPSA) is 103 Å². The van der Waals surface area contributed by atoms with Gasteiger partial charge in [-0.25, -0.2) is 9.97 Å². The van der Waals surface area contributed by atoms with Gasteiger partial charge in [-0.05, 0) is 36.2 Å². The highest BCUT2D eigenvalue weighted by molar-refractivity contribution is 7.97. The van der Waals surface area contributed by atoms with Crippen LogP contribution < -0.4 is 14.9 Å². The Labute approximate surface area is 188 Å². The molecule has 4 aliphatic heterocycles. The van der Waals surface area contributed by atoms with Gasteiger partial charge in [-0.3, -0.25) is 14.6 Å². The Hall–Kier alpha value is -3.88. The molecule has 2 amide bonds. The Bertz CT molecular complexity index is 1200. The predicted molar refractivity (Wildman–Crippen MR) is 122 cm³/mol. The molecule has 10 heteroatoms. The molecule has 0 spiro atoms. The molecule has 0 saturated heterocycles. The maximum Gasteiger partial charge on any atom is 0.238 e. The molecule has 0 radical (unpaired) electrons. The van der Waals surface area contributed by atoms with E-state index in [9.17, 15) is 9.59 Å². The van der Waals surface area contributed by atoms with E-state index < -0.39 is 5.92 Å². The Balaban J connectivity index is 1.55. The van der Waals surface area contributed by atoms with Crippen molar-refractivity contribution in [2.24, 2.45) is 4.99 Å². The first kappa shape index (κ1) is 20.0. The van der Waals surface area contributed by atoms with Crippen molar-refractivity contribution in [2.75, 3.05) is 23.3 Å². The molecular weight excluding hydrogens is 426 g/mol. The van der Waals surface area contributed by atoms with E-state index in [-0.39, 0.29) is 18.2 Å². The number of benzene rings is 1. The number of aromatic nitrogens is 2. The van der Waals surface area contributed by atoms with Crippen molar-refractivity contribution in [3.8, 4) is 0 Å². The molecule has 32 heavy (non-hydrogen) atoms. The Kier molecular flexibility index (Phi) is 5.45. The summed E-state index contributed by atoms with van der Waals surface area (Å²) in [5, 5.41) is 2.82. The summed E-state index contributed by atoms with van der Waals surface area (Å²) in [7, 11) is 0. The van der Waals surface area contributed by atoms with Gasteiger partial charge in [0, 0.05) is 42.8 Å². The SMILES string of the molecule is O=C1Nc2ncnc3c2C1C=Nc1cccc(c1)SNC=C=CCC(=O)N1C=CN3CC1.